The van der Waals surface area contributed by atoms with Crippen molar-refractivity contribution in [1.82, 2.24) is 9.88 Å². The molecule has 1 fully saturated rings. The summed E-state index contributed by atoms with van der Waals surface area (Å²) in [5.41, 5.74) is 0.937. The van der Waals surface area contributed by atoms with Gasteiger partial charge in [0.25, 0.3) is 0 Å². The molecule has 0 unspecified atom stereocenters. The van der Waals surface area contributed by atoms with Gasteiger partial charge in [0, 0.05) is 37.9 Å². The molecule has 5 nitrogen and oxygen atoms in total. The molecule has 2 aromatic rings. The summed E-state index contributed by atoms with van der Waals surface area (Å²) in [5, 5.41) is 0. The molecule has 0 atom stereocenters. The molecule has 1 aromatic heterocycles. The van der Waals surface area contributed by atoms with Crippen LogP contribution in [0.1, 0.15) is 5.56 Å². The lowest BCUT2D eigenvalue weighted by Crippen LogP contribution is -2.49. The highest BCUT2D eigenvalue weighted by Gasteiger charge is 2.22. The SMILES string of the molecule is COc1ccccc1CC(=O)N1CCN(c2ccccn2)CC1. The van der Waals surface area contributed by atoms with Crippen LogP contribution in [0, 0.1) is 0 Å². The van der Waals surface area contributed by atoms with Crippen molar-refractivity contribution < 1.29 is 9.53 Å². The van der Waals surface area contributed by atoms with E-state index in [0.29, 0.717) is 6.42 Å². The van der Waals surface area contributed by atoms with Crippen molar-refractivity contribution in [2.75, 3.05) is 38.2 Å². The van der Waals surface area contributed by atoms with Crippen molar-refractivity contribution in [3.05, 3.63) is 54.2 Å². The zero-order valence-corrected chi connectivity index (χ0v) is 13.3. The van der Waals surface area contributed by atoms with Crippen molar-refractivity contribution in [3.8, 4) is 5.75 Å². The summed E-state index contributed by atoms with van der Waals surface area (Å²) in [6.45, 7) is 3.08. The normalized spacial score (nSPS) is 14.7. The van der Waals surface area contributed by atoms with E-state index >= 15 is 0 Å². The standard InChI is InChI=1S/C18H21N3O2/c1-23-16-7-3-2-6-15(16)14-18(22)21-12-10-20(11-13-21)17-8-4-5-9-19-17/h2-9H,10-14H2,1H3. The summed E-state index contributed by atoms with van der Waals surface area (Å²) < 4.78 is 5.32. The van der Waals surface area contributed by atoms with Crippen molar-refractivity contribution in [2.45, 2.75) is 6.42 Å². The van der Waals surface area contributed by atoms with Crippen molar-refractivity contribution in [3.63, 3.8) is 0 Å². The van der Waals surface area contributed by atoms with E-state index < -0.39 is 0 Å². The third kappa shape index (κ3) is 3.62. The zero-order chi connectivity index (χ0) is 16.1. The highest BCUT2D eigenvalue weighted by molar-refractivity contribution is 5.79. The lowest BCUT2D eigenvalue weighted by molar-refractivity contribution is -0.130. The van der Waals surface area contributed by atoms with E-state index in [9.17, 15) is 4.79 Å². The minimum absolute atomic E-state index is 0.148. The average Bonchev–Trinajstić information content (AvgIpc) is 2.63. The van der Waals surface area contributed by atoms with Crippen LogP contribution in [0.3, 0.4) is 0 Å². The minimum Gasteiger partial charge on any atom is -0.496 e. The molecule has 0 aliphatic carbocycles. The monoisotopic (exact) mass is 311 g/mol. The second-order valence-corrected chi connectivity index (χ2v) is 5.54. The van der Waals surface area contributed by atoms with Crippen LogP contribution < -0.4 is 9.64 Å². The Morgan fingerprint density at radius 3 is 2.52 bits per heavy atom. The number of nitrogens with zero attached hydrogens (tertiary/aromatic N) is 3. The van der Waals surface area contributed by atoms with Gasteiger partial charge in [0.1, 0.15) is 11.6 Å². The van der Waals surface area contributed by atoms with Crippen LogP contribution in [0.25, 0.3) is 0 Å². The van der Waals surface area contributed by atoms with E-state index in [2.05, 4.69) is 9.88 Å². The largest absolute Gasteiger partial charge is 0.496 e. The molecule has 120 valence electrons. The van der Waals surface area contributed by atoms with Crippen molar-refractivity contribution in [2.24, 2.45) is 0 Å². The molecule has 0 bridgehead atoms. The Kier molecular flexibility index (Phi) is 4.76. The van der Waals surface area contributed by atoms with Crippen LogP contribution in [0.15, 0.2) is 48.7 Å². The number of para-hydroxylation sites is 1. The van der Waals surface area contributed by atoms with Crippen LogP contribution >= 0.6 is 0 Å². The molecular weight excluding hydrogens is 290 g/mol. The fourth-order valence-corrected chi connectivity index (χ4v) is 2.85. The maximum absolute atomic E-state index is 12.5. The summed E-state index contributed by atoms with van der Waals surface area (Å²) >= 11 is 0. The smallest absolute Gasteiger partial charge is 0.227 e. The van der Waals surface area contributed by atoms with Gasteiger partial charge in [-0.1, -0.05) is 24.3 Å². The van der Waals surface area contributed by atoms with E-state index in [-0.39, 0.29) is 5.91 Å². The number of hydrogen-bond donors (Lipinski definition) is 0. The molecule has 1 aromatic carbocycles. The first-order chi connectivity index (χ1) is 11.3. The number of piperazine rings is 1. The Balaban J connectivity index is 1.58. The lowest BCUT2D eigenvalue weighted by Gasteiger charge is -2.35. The molecule has 0 N–H and O–H groups in total. The number of rotatable bonds is 4. The fraction of sp³-hybridized carbons (Fsp3) is 0.333. The number of aromatic nitrogens is 1. The van der Waals surface area contributed by atoms with Gasteiger partial charge in [-0.3, -0.25) is 4.79 Å². The van der Waals surface area contributed by atoms with Gasteiger partial charge in [-0.05, 0) is 18.2 Å². The number of ether oxygens (including phenoxy) is 1. The fourth-order valence-electron chi connectivity index (χ4n) is 2.85. The summed E-state index contributed by atoms with van der Waals surface area (Å²) in [5.74, 6) is 1.90. The molecule has 0 radical (unpaired) electrons. The maximum Gasteiger partial charge on any atom is 0.227 e. The number of anilines is 1. The van der Waals surface area contributed by atoms with E-state index in [4.69, 9.17) is 4.74 Å². The van der Waals surface area contributed by atoms with Crippen LogP contribution in [0.4, 0.5) is 5.82 Å². The molecule has 1 amide bonds. The molecule has 0 saturated carbocycles. The van der Waals surface area contributed by atoms with Crippen LogP contribution in [-0.2, 0) is 11.2 Å². The van der Waals surface area contributed by atoms with Crippen LogP contribution in [0.5, 0.6) is 5.75 Å². The topological polar surface area (TPSA) is 45.7 Å². The van der Waals surface area contributed by atoms with E-state index in [0.717, 1.165) is 43.3 Å². The molecule has 23 heavy (non-hydrogen) atoms. The number of methoxy groups -OCH3 is 1. The average molecular weight is 311 g/mol. The number of hydrogen-bond acceptors (Lipinski definition) is 4. The lowest BCUT2D eigenvalue weighted by atomic mass is 10.1. The molecule has 1 aliphatic rings. The Morgan fingerprint density at radius 2 is 1.83 bits per heavy atom. The molecule has 1 saturated heterocycles. The third-order valence-electron chi connectivity index (χ3n) is 4.14. The first-order valence-electron chi connectivity index (χ1n) is 7.83. The summed E-state index contributed by atoms with van der Waals surface area (Å²) in [6.07, 6.45) is 2.18. The van der Waals surface area contributed by atoms with E-state index in [1.165, 1.54) is 0 Å². The number of amides is 1. The Hall–Kier alpha value is -2.56. The summed E-state index contributed by atoms with van der Waals surface area (Å²) in [7, 11) is 1.63. The van der Waals surface area contributed by atoms with Crippen molar-refractivity contribution >= 4 is 11.7 Å². The molecular formula is C18H21N3O2. The molecule has 5 heteroatoms. The van der Waals surface area contributed by atoms with Gasteiger partial charge in [-0.2, -0.15) is 0 Å². The van der Waals surface area contributed by atoms with Gasteiger partial charge < -0.3 is 14.5 Å². The minimum atomic E-state index is 0.148. The first-order valence-corrected chi connectivity index (χ1v) is 7.83. The third-order valence-corrected chi connectivity index (χ3v) is 4.14. The number of pyridine rings is 1. The highest BCUT2D eigenvalue weighted by Crippen LogP contribution is 2.19. The van der Waals surface area contributed by atoms with Gasteiger partial charge in [0.2, 0.25) is 5.91 Å². The molecule has 0 spiro atoms. The van der Waals surface area contributed by atoms with Crippen molar-refractivity contribution in [1.29, 1.82) is 0 Å². The Morgan fingerprint density at radius 1 is 1.09 bits per heavy atom. The summed E-state index contributed by atoms with van der Waals surface area (Å²) in [6, 6.07) is 13.6. The highest BCUT2D eigenvalue weighted by atomic mass is 16.5. The Labute approximate surface area is 136 Å². The number of carbonyl (C=O) groups is 1. The molecule has 3 rings (SSSR count). The molecule has 1 aliphatic heterocycles. The van der Waals surface area contributed by atoms with Gasteiger partial charge in [0.05, 0.1) is 13.5 Å². The molecule has 2 heterocycles. The van der Waals surface area contributed by atoms with Gasteiger partial charge in [-0.15, -0.1) is 0 Å². The van der Waals surface area contributed by atoms with Gasteiger partial charge in [0.15, 0.2) is 0 Å². The second-order valence-electron chi connectivity index (χ2n) is 5.54. The first kappa shape index (κ1) is 15.3. The predicted molar refractivity (Wildman–Crippen MR) is 89.7 cm³/mol. The van der Waals surface area contributed by atoms with Gasteiger partial charge >= 0.3 is 0 Å². The number of benzene rings is 1. The van der Waals surface area contributed by atoms with Crippen LogP contribution in [0.2, 0.25) is 0 Å². The number of carbonyl (C=O) groups excluding carboxylic acids is 1. The van der Waals surface area contributed by atoms with E-state index in [1.807, 2.05) is 47.4 Å². The zero-order valence-electron chi connectivity index (χ0n) is 13.3. The van der Waals surface area contributed by atoms with E-state index in [1.54, 1.807) is 13.3 Å². The maximum atomic E-state index is 12.5. The predicted octanol–water partition coefficient (Wildman–Crippen LogP) is 1.98. The second kappa shape index (κ2) is 7.13. The van der Waals surface area contributed by atoms with Gasteiger partial charge in [-0.25, -0.2) is 4.98 Å². The Bertz CT molecular complexity index is 652. The summed E-state index contributed by atoms with van der Waals surface area (Å²) in [4.78, 5) is 21.0. The quantitative estimate of drug-likeness (QED) is 0.866. The van der Waals surface area contributed by atoms with Crippen LogP contribution in [-0.4, -0.2) is 49.1 Å².